The van der Waals surface area contributed by atoms with Gasteiger partial charge in [-0.15, -0.1) is 0 Å². The summed E-state index contributed by atoms with van der Waals surface area (Å²) in [5.74, 6) is -0.00410. The minimum atomic E-state index is -0.247. The predicted octanol–water partition coefficient (Wildman–Crippen LogP) is 0.987. The Morgan fingerprint density at radius 3 is 2.67 bits per heavy atom. The summed E-state index contributed by atoms with van der Waals surface area (Å²) in [6.07, 6.45) is 3.19. The van der Waals surface area contributed by atoms with Crippen molar-refractivity contribution in [2.24, 2.45) is 7.05 Å². The van der Waals surface area contributed by atoms with E-state index in [4.69, 9.17) is 9.47 Å². The second-order valence-corrected chi connectivity index (χ2v) is 7.83. The van der Waals surface area contributed by atoms with Crippen LogP contribution in [0, 0.1) is 6.92 Å². The Labute approximate surface area is 160 Å². The molecular weight excluding hydrogens is 348 g/mol. The number of hydrogen-bond donors (Lipinski definition) is 0. The number of piperidine rings is 1. The molecule has 2 aliphatic rings. The van der Waals surface area contributed by atoms with Crippen LogP contribution in [-0.4, -0.2) is 83.5 Å². The largest absolute Gasteiger partial charge is 0.375 e. The van der Waals surface area contributed by atoms with E-state index >= 15 is 0 Å². The number of aromatic nitrogens is 2. The van der Waals surface area contributed by atoms with E-state index in [2.05, 4.69) is 5.10 Å². The zero-order chi connectivity index (χ0) is 19.6. The number of likely N-dealkylation sites (tertiary alicyclic amines) is 1. The van der Waals surface area contributed by atoms with Crippen LogP contribution in [0.2, 0.25) is 0 Å². The van der Waals surface area contributed by atoms with E-state index < -0.39 is 0 Å². The summed E-state index contributed by atoms with van der Waals surface area (Å²) in [7, 11) is 5.26. The third-order valence-electron chi connectivity index (χ3n) is 5.57. The Balaban J connectivity index is 1.55. The third-order valence-corrected chi connectivity index (χ3v) is 5.57. The molecule has 0 radical (unpaired) electrons. The number of amides is 2. The van der Waals surface area contributed by atoms with Crippen LogP contribution in [0.3, 0.4) is 0 Å². The standard InChI is InChI=1S/C19H30N4O4/c1-14-11-16(22(4)20-14)18(25)23-8-6-19(7-9-23)12-15(5-10-27-19)26-13-17(24)21(2)3/h11,15H,5-10,12-13H2,1-4H3. The summed E-state index contributed by atoms with van der Waals surface area (Å²) in [5, 5.41) is 4.26. The molecular formula is C19H30N4O4. The van der Waals surface area contributed by atoms with Crippen LogP contribution in [0.25, 0.3) is 0 Å². The summed E-state index contributed by atoms with van der Waals surface area (Å²) < 4.78 is 13.6. The van der Waals surface area contributed by atoms with Gasteiger partial charge in [0.15, 0.2) is 0 Å². The number of hydrogen-bond acceptors (Lipinski definition) is 5. The Morgan fingerprint density at radius 1 is 1.37 bits per heavy atom. The van der Waals surface area contributed by atoms with Crippen molar-refractivity contribution in [2.45, 2.75) is 44.3 Å². The minimum Gasteiger partial charge on any atom is -0.375 e. The van der Waals surface area contributed by atoms with E-state index in [0.717, 1.165) is 31.4 Å². The molecule has 1 spiro atoms. The fraction of sp³-hybridized carbons (Fsp3) is 0.737. The zero-order valence-electron chi connectivity index (χ0n) is 16.7. The second kappa shape index (κ2) is 7.98. The fourth-order valence-corrected chi connectivity index (χ4v) is 3.88. The number of carbonyl (C=O) groups excluding carboxylic acids is 2. The maximum absolute atomic E-state index is 12.8. The van der Waals surface area contributed by atoms with E-state index in [1.165, 1.54) is 0 Å². The number of aryl methyl sites for hydroxylation is 2. The van der Waals surface area contributed by atoms with Crippen LogP contribution in [0.1, 0.15) is 41.9 Å². The van der Waals surface area contributed by atoms with Crippen LogP contribution in [0.15, 0.2) is 6.07 Å². The molecule has 2 saturated heterocycles. The smallest absolute Gasteiger partial charge is 0.272 e. The van der Waals surface area contributed by atoms with Gasteiger partial charge in [-0.1, -0.05) is 0 Å². The zero-order valence-corrected chi connectivity index (χ0v) is 16.7. The van der Waals surface area contributed by atoms with Crippen molar-refractivity contribution in [3.63, 3.8) is 0 Å². The molecule has 0 aromatic carbocycles. The molecule has 27 heavy (non-hydrogen) atoms. The van der Waals surface area contributed by atoms with Crippen molar-refractivity contribution in [3.8, 4) is 0 Å². The predicted molar refractivity (Wildman–Crippen MR) is 99.4 cm³/mol. The van der Waals surface area contributed by atoms with Crippen LogP contribution < -0.4 is 0 Å². The van der Waals surface area contributed by atoms with E-state index in [9.17, 15) is 9.59 Å². The highest BCUT2D eigenvalue weighted by Crippen LogP contribution is 2.36. The average molecular weight is 378 g/mol. The van der Waals surface area contributed by atoms with Gasteiger partial charge in [0, 0.05) is 47.3 Å². The topological polar surface area (TPSA) is 76.9 Å². The van der Waals surface area contributed by atoms with Gasteiger partial charge < -0.3 is 19.3 Å². The number of carbonyl (C=O) groups is 2. The first-order chi connectivity index (χ1) is 12.8. The summed E-state index contributed by atoms with van der Waals surface area (Å²) in [5.41, 5.74) is 1.22. The average Bonchev–Trinajstić information content (AvgIpc) is 2.98. The lowest BCUT2D eigenvalue weighted by Crippen LogP contribution is -2.52. The van der Waals surface area contributed by atoms with Crippen LogP contribution in [-0.2, 0) is 21.3 Å². The van der Waals surface area contributed by atoms with Crippen molar-refractivity contribution in [3.05, 3.63) is 17.5 Å². The van der Waals surface area contributed by atoms with Crippen molar-refractivity contribution >= 4 is 11.8 Å². The highest BCUT2D eigenvalue weighted by molar-refractivity contribution is 5.92. The highest BCUT2D eigenvalue weighted by Gasteiger charge is 2.42. The summed E-state index contributed by atoms with van der Waals surface area (Å²) >= 11 is 0. The molecule has 0 bridgehead atoms. The molecule has 1 aromatic rings. The number of ether oxygens (including phenoxy) is 2. The second-order valence-electron chi connectivity index (χ2n) is 7.83. The molecule has 3 rings (SSSR count). The summed E-state index contributed by atoms with van der Waals surface area (Å²) in [6.45, 7) is 3.95. The molecule has 3 heterocycles. The molecule has 8 heteroatoms. The normalized spacial score (nSPS) is 22.1. The lowest BCUT2D eigenvalue weighted by Gasteiger charge is -2.46. The van der Waals surface area contributed by atoms with Crippen molar-refractivity contribution < 1.29 is 19.1 Å². The maximum atomic E-state index is 12.8. The minimum absolute atomic E-state index is 0.0214. The van der Waals surface area contributed by atoms with Crippen LogP contribution in [0.4, 0.5) is 0 Å². The van der Waals surface area contributed by atoms with E-state index in [0.29, 0.717) is 25.4 Å². The molecule has 2 aliphatic heterocycles. The molecule has 2 amide bonds. The Morgan fingerprint density at radius 2 is 2.07 bits per heavy atom. The lowest BCUT2D eigenvalue weighted by atomic mass is 9.83. The monoisotopic (exact) mass is 378 g/mol. The Bertz CT molecular complexity index is 692. The Kier molecular flexibility index (Phi) is 5.86. The van der Waals surface area contributed by atoms with Crippen LogP contribution in [0.5, 0.6) is 0 Å². The number of nitrogens with zero attached hydrogens (tertiary/aromatic N) is 4. The van der Waals surface area contributed by atoms with Gasteiger partial charge in [-0.25, -0.2) is 0 Å². The molecule has 0 aliphatic carbocycles. The van der Waals surface area contributed by atoms with Gasteiger partial charge in [0.2, 0.25) is 5.91 Å². The van der Waals surface area contributed by atoms with Crippen molar-refractivity contribution in [2.75, 3.05) is 40.4 Å². The summed E-state index contributed by atoms with van der Waals surface area (Å²) in [6, 6.07) is 1.83. The molecule has 150 valence electrons. The van der Waals surface area contributed by atoms with Crippen LogP contribution >= 0.6 is 0 Å². The van der Waals surface area contributed by atoms with E-state index in [1.54, 1.807) is 30.7 Å². The van der Waals surface area contributed by atoms with Crippen molar-refractivity contribution in [1.82, 2.24) is 19.6 Å². The first-order valence-corrected chi connectivity index (χ1v) is 9.55. The van der Waals surface area contributed by atoms with Gasteiger partial charge in [0.05, 0.1) is 17.4 Å². The summed E-state index contributed by atoms with van der Waals surface area (Å²) in [4.78, 5) is 27.9. The van der Waals surface area contributed by atoms with E-state index in [-0.39, 0.29) is 30.1 Å². The molecule has 0 saturated carbocycles. The van der Waals surface area contributed by atoms with Crippen molar-refractivity contribution in [1.29, 1.82) is 0 Å². The molecule has 2 fully saturated rings. The van der Waals surface area contributed by atoms with Gasteiger partial charge in [-0.05, 0) is 32.3 Å². The number of rotatable bonds is 4. The molecule has 1 unspecified atom stereocenters. The SMILES string of the molecule is Cc1cc(C(=O)N2CCC3(CC2)CC(OCC(=O)N(C)C)CCO3)n(C)n1. The maximum Gasteiger partial charge on any atom is 0.272 e. The molecule has 0 N–H and O–H groups in total. The molecule has 1 atom stereocenters. The first-order valence-electron chi connectivity index (χ1n) is 9.55. The highest BCUT2D eigenvalue weighted by atomic mass is 16.5. The fourth-order valence-electron chi connectivity index (χ4n) is 3.88. The molecule has 1 aromatic heterocycles. The van der Waals surface area contributed by atoms with Gasteiger partial charge >= 0.3 is 0 Å². The van der Waals surface area contributed by atoms with Gasteiger partial charge in [0.25, 0.3) is 5.91 Å². The Hall–Kier alpha value is -1.93. The quantitative estimate of drug-likeness (QED) is 0.781. The van der Waals surface area contributed by atoms with Gasteiger partial charge in [0.1, 0.15) is 12.3 Å². The molecule has 8 nitrogen and oxygen atoms in total. The third kappa shape index (κ3) is 4.50. The van der Waals surface area contributed by atoms with Gasteiger partial charge in [-0.2, -0.15) is 5.10 Å². The first kappa shape index (κ1) is 19.8. The van der Waals surface area contributed by atoms with E-state index in [1.807, 2.05) is 17.9 Å². The lowest BCUT2D eigenvalue weighted by molar-refractivity contribution is -0.160. The van der Waals surface area contributed by atoms with Gasteiger partial charge in [-0.3, -0.25) is 14.3 Å². The number of likely N-dealkylation sites (N-methyl/N-ethyl adjacent to an activating group) is 1.